The summed E-state index contributed by atoms with van der Waals surface area (Å²) in [6, 6.07) is 19.6. The van der Waals surface area contributed by atoms with E-state index in [0.717, 1.165) is 12.0 Å². The second-order valence-electron chi connectivity index (χ2n) is 7.48. The number of carbonyl (C=O) groups is 1. The van der Waals surface area contributed by atoms with Gasteiger partial charge in [-0.3, -0.25) is 10.1 Å². The minimum atomic E-state index is -0.430. The van der Waals surface area contributed by atoms with Crippen LogP contribution in [0.5, 0.6) is 5.75 Å². The van der Waals surface area contributed by atoms with Crippen molar-refractivity contribution in [2.24, 2.45) is 0 Å². The lowest BCUT2D eigenvalue weighted by molar-refractivity contribution is -0.115. The molecular formula is C24H25N5O3S. The third kappa shape index (κ3) is 5.43. The molecule has 0 spiro atoms. The average molecular weight is 464 g/mol. The van der Waals surface area contributed by atoms with Gasteiger partial charge in [0.15, 0.2) is 11.0 Å². The molecule has 0 saturated carbocycles. The van der Waals surface area contributed by atoms with Crippen LogP contribution in [0.1, 0.15) is 18.2 Å². The van der Waals surface area contributed by atoms with E-state index >= 15 is 0 Å². The maximum atomic E-state index is 12.7. The third-order valence-electron chi connectivity index (χ3n) is 5.06. The molecule has 0 aliphatic rings. The Bertz CT molecular complexity index is 1220. The molecule has 0 saturated heterocycles. The molecule has 1 amide bonds. The number of amides is 1. The number of nitrogens with zero attached hydrogens (tertiary/aromatic N) is 4. The van der Waals surface area contributed by atoms with E-state index in [1.165, 1.54) is 17.3 Å². The van der Waals surface area contributed by atoms with Gasteiger partial charge in [-0.25, -0.2) is 0 Å². The van der Waals surface area contributed by atoms with E-state index < -0.39 is 5.25 Å². The molecule has 2 heterocycles. The van der Waals surface area contributed by atoms with Crippen LogP contribution in [0.4, 0.5) is 5.88 Å². The van der Waals surface area contributed by atoms with Crippen molar-refractivity contribution in [2.45, 2.75) is 37.2 Å². The van der Waals surface area contributed by atoms with Crippen molar-refractivity contribution in [1.82, 2.24) is 19.9 Å². The average Bonchev–Trinajstić information content (AvgIpc) is 3.43. The van der Waals surface area contributed by atoms with E-state index in [-0.39, 0.29) is 5.91 Å². The van der Waals surface area contributed by atoms with Crippen molar-refractivity contribution in [1.29, 1.82) is 0 Å². The number of thioether (sulfide) groups is 1. The van der Waals surface area contributed by atoms with Crippen molar-refractivity contribution in [3.05, 3.63) is 71.9 Å². The Morgan fingerprint density at radius 2 is 1.91 bits per heavy atom. The first-order chi connectivity index (χ1) is 16.0. The van der Waals surface area contributed by atoms with Crippen LogP contribution in [-0.4, -0.2) is 38.2 Å². The third-order valence-corrected chi connectivity index (χ3v) is 6.14. The normalized spacial score (nSPS) is 11.8. The zero-order valence-corrected chi connectivity index (χ0v) is 19.5. The number of rotatable bonds is 9. The summed E-state index contributed by atoms with van der Waals surface area (Å²) in [7, 11) is 1.64. The Kier molecular flexibility index (Phi) is 7.09. The van der Waals surface area contributed by atoms with Crippen LogP contribution in [0.3, 0.4) is 0 Å². The topological polar surface area (TPSA) is 95.1 Å². The van der Waals surface area contributed by atoms with Gasteiger partial charge in [-0.1, -0.05) is 59.4 Å². The Morgan fingerprint density at radius 1 is 1.15 bits per heavy atom. The Hall–Kier alpha value is -3.59. The van der Waals surface area contributed by atoms with Gasteiger partial charge in [-0.2, -0.15) is 0 Å². The summed E-state index contributed by atoms with van der Waals surface area (Å²) in [5.74, 6) is 1.54. The number of para-hydroxylation sites is 1. The number of aryl methyl sites for hydroxylation is 2. The van der Waals surface area contributed by atoms with Gasteiger partial charge in [-0.15, -0.1) is 10.2 Å². The summed E-state index contributed by atoms with van der Waals surface area (Å²) in [6.07, 6.45) is 0.798. The number of hydrogen-bond acceptors (Lipinski definition) is 7. The largest absolute Gasteiger partial charge is 0.496 e. The number of nitrogens with one attached hydrogen (secondary N) is 1. The highest BCUT2D eigenvalue weighted by Gasteiger charge is 2.23. The molecule has 0 aliphatic heterocycles. The lowest BCUT2D eigenvalue weighted by Gasteiger charge is -2.14. The molecule has 1 atom stereocenters. The SMILES string of the molecule is COc1ccccc1-c1nnc(SC(C)C(=O)Nc2cc(C)no2)n1CCc1ccccc1. The first-order valence-electron chi connectivity index (χ1n) is 10.6. The molecular weight excluding hydrogens is 438 g/mol. The molecule has 0 bridgehead atoms. The second kappa shape index (κ2) is 10.4. The minimum Gasteiger partial charge on any atom is -0.496 e. The fourth-order valence-electron chi connectivity index (χ4n) is 3.35. The molecule has 4 aromatic rings. The van der Waals surface area contributed by atoms with E-state index in [4.69, 9.17) is 9.26 Å². The van der Waals surface area contributed by atoms with Gasteiger partial charge >= 0.3 is 0 Å². The molecule has 0 radical (unpaired) electrons. The van der Waals surface area contributed by atoms with Crippen LogP contribution in [0, 0.1) is 6.92 Å². The van der Waals surface area contributed by atoms with Crippen LogP contribution < -0.4 is 10.1 Å². The van der Waals surface area contributed by atoms with Gasteiger partial charge in [0.1, 0.15) is 5.75 Å². The molecule has 9 heteroatoms. The van der Waals surface area contributed by atoms with Gasteiger partial charge in [0.25, 0.3) is 0 Å². The fraction of sp³-hybridized carbons (Fsp3) is 0.250. The quantitative estimate of drug-likeness (QED) is 0.362. The van der Waals surface area contributed by atoms with Gasteiger partial charge in [0, 0.05) is 12.6 Å². The fourth-order valence-corrected chi connectivity index (χ4v) is 4.22. The molecule has 0 aliphatic carbocycles. The monoisotopic (exact) mass is 463 g/mol. The van der Waals surface area contributed by atoms with Crippen LogP contribution >= 0.6 is 11.8 Å². The Labute approximate surface area is 196 Å². The van der Waals surface area contributed by atoms with Gasteiger partial charge in [-0.05, 0) is 38.0 Å². The zero-order valence-electron chi connectivity index (χ0n) is 18.7. The Morgan fingerprint density at radius 3 is 2.64 bits per heavy atom. The van der Waals surface area contributed by atoms with Crippen molar-refractivity contribution in [2.75, 3.05) is 12.4 Å². The molecule has 2 aromatic carbocycles. The lowest BCUT2D eigenvalue weighted by atomic mass is 10.1. The van der Waals surface area contributed by atoms with Crippen molar-refractivity contribution >= 4 is 23.6 Å². The predicted octanol–water partition coefficient (Wildman–Crippen LogP) is 4.61. The zero-order chi connectivity index (χ0) is 23.2. The van der Waals surface area contributed by atoms with E-state index in [1.807, 2.05) is 54.0 Å². The van der Waals surface area contributed by atoms with E-state index in [0.29, 0.717) is 34.9 Å². The van der Waals surface area contributed by atoms with Crippen molar-refractivity contribution in [3.8, 4) is 17.1 Å². The second-order valence-corrected chi connectivity index (χ2v) is 8.78. The van der Waals surface area contributed by atoms with Gasteiger partial charge in [0.05, 0.1) is 23.6 Å². The number of hydrogen-bond donors (Lipinski definition) is 1. The summed E-state index contributed by atoms with van der Waals surface area (Å²) in [5, 5.41) is 15.7. The summed E-state index contributed by atoms with van der Waals surface area (Å²) in [6.45, 7) is 4.27. The van der Waals surface area contributed by atoms with E-state index in [1.54, 1.807) is 20.1 Å². The predicted molar refractivity (Wildman–Crippen MR) is 127 cm³/mol. The van der Waals surface area contributed by atoms with E-state index in [9.17, 15) is 4.79 Å². The standard InChI is InChI=1S/C24H25N5O3S/c1-16-15-21(32-28-16)25-23(30)17(2)33-24-27-26-22(19-11-7-8-12-20(19)31-3)29(24)14-13-18-9-5-4-6-10-18/h4-12,15,17H,13-14H2,1-3H3,(H,25,30). The van der Waals surface area contributed by atoms with Crippen LogP contribution in [0.25, 0.3) is 11.4 Å². The van der Waals surface area contributed by atoms with Gasteiger partial charge in [0.2, 0.25) is 11.8 Å². The summed E-state index contributed by atoms with van der Waals surface area (Å²) >= 11 is 1.34. The first kappa shape index (κ1) is 22.6. The molecule has 2 aromatic heterocycles. The number of anilines is 1. The molecule has 0 fully saturated rings. The van der Waals surface area contributed by atoms with Crippen LogP contribution in [0.2, 0.25) is 0 Å². The molecule has 33 heavy (non-hydrogen) atoms. The Balaban J connectivity index is 1.59. The molecule has 4 rings (SSSR count). The summed E-state index contributed by atoms with van der Waals surface area (Å²) in [5.41, 5.74) is 2.76. The highest BCUT2D eigenvalue weighted by Crippen LogP contribution is 2.32. The van der Waals surface area contributed by atoms with Crippen molar-refractivity contribution in [3.63, 3.8) is 0 Å². The highest BCUT2D eigenvalue weighted by molar-refractivity contribution is 8.00. The smallest absolute Gasteiger partial charge is 0.240 e. The highest BCUT2D eigenvalue weighted by atomic mass is 32.2. The van der Waals surface area contributed by atoms with E-state index in [2.05, 4.69) is 32.8 Å². The molecule has 8 nitrogen and oxygen atoms in total. The summed E-state index contributed by atoms with van der Waals surface area (Å²) in [4.78, 5) is 12.7. The van der Waals surface area contributed by atoms with Crippen LogP contribution in [0.15, 0.2) is 70.3 Å². The van der Waals surface area contributed by atoms with Gasteiger partial charge < -0.3 is 13.8 Å². The maximum absolute atomic E-state index is 12.7. The number of aromatic nitrogens is 4. The lowest BCUT2D eigenvalue weighted by Crippen LogP contribution is -2.22. The summed E-state index contributed by atoms with van der Waals surface area (Å²) < 4.78 is 12.7. The number of methoxy groups -OCH3 is 1. The number of carbonyl (C=O) groups excluding carboxylic acids is 1. The molecule has 1 N–H and O–H groups in total. The molecule has 1 unspecified atom stereocenters. The first-order valence-corrected chi connectivity index (χ1v) is 11.4. The number of benzene rings is 2. The van der Waals surface area contributed by atoms with Crippen LogP contribution in [-0.2, 0) is 17.8 Å². The maximum Gasteiger partial charge on any atom is 0.240 e. The minimum absolute atomic E-state index is 0.201. The number of ether oxygens (including phenoxy) is 1. The van der Waals surface area contributed by atoms with Crippen molar-refractivity contribution < 1.29 is 14.1 Å². The molecule has 170 valence electrons.